The molecule has 1 heteroatoms. The van der Waals surface area contributed by atoms with Crippen LogP contribution in [0.2, 0.25) is 0 Å². The Morgan fingerprint density at radius 1 is 0.550 bits per heavy atom. The van der Waals surface area contributed by atoms with Crippen molar-refractivity contribution in [2.24, 2.45) is 5.41 Å². The zero-order valence-corrected chi connectivity index (χ0v) is 33.9. The fourth-order valence-electron chi connectivity index (χ4n) is 11.6. The van der Waals surface area contributed by atoms with Crippen molar-refractivity contribution in [3.05, 3.63) is 274 Å². The molecule has 1 spiro atoms. The van der Waals surface area contributed by atoms with Crippen LogP contribution >= 0.6 is 0 Å². The molecule has 0 saturated heterocycles. The highest BCUT2D eigenvalue weighted by atomic mass is 15.2. The minimum absolute atomic E-state index is 0.0209. The summed E-state index contributed by atoms with van der Waals surface area (Å²) >= 11 is 0. The summed E-state index contributed by atoms with van der Waals surface area (Å²) < 4.78 is 0. The molecule has 286 valence electrons. The van der Waals surface area contributed by atoms with Crippen molar-refractivity contribution in [2.75, 3.05) is 4.90 Å². The molecule has 5 aliphatic carbocycles. The summed E-state index contributed by atoms with van der Waals surface area (Å²) in [6, 6.07) is 62.2. The normalized spacial score (nSPS) is 22.9. The van der Waals surface area contributed by atoms with Crippen LogP contribution in [0.25, 0.3) is 21.9 Å². The van der Waals surface area contributed by atoms with Crippen LogP contribution in [-0.2, 0) is 10.8 Å². The van der Waals surface area contributed by atoms with E-state index in [2.05, 4.69) is 230 Å². The molecule has 7 aromatic rings. The summed E-state index contributed by atoms with van der Waals surface area (Å²) in [4.78, 5) is 2.55. The molecule has 0 fully saturated rings. The molecule has 7 aromatic carbocycles. The van der Waals surface area contributed by atoms with Crippen molar-refractivity contribution < 1.29 is 0 Å². The van der Waals surface area contributed by atoms with E-state index in [4.69, 9.17) is 0 Å². The zero-order chi connectivity index (χ0) is 39.9. The fraction of sp³-hybridized carbons (Fsp3) is 0.119. The van der Waals surface area contributed by atoms with Crippen molar-refractivity contribution in [2.45, 2.75) is 37.0 Å². The van der Waals surface area contributed by atoms with Gasteiger partial charge in [0.05, 0.1) is 16.5 Å². The Bertz CT molecular complexity index is 3050. The van der Waals surface area contributed by atoms with Crippen LogP contribution in [0.3, 0.4) is 0 Å². The van der Waals surface area contributed by atoms with E-state index in [0.29, 0.717) is 0 Å². The van der Waals surface area contributed by atoms with E-state index in [0.717, 1.165) is 24.9 Å². The van der Waals surface area contributed by atoms with Crippen LogP contribution in [0.1, 0.15) is 65.1 Å². The molecule has 12 rings (SSSR count). The summed E-state index contributed by atoms with van der Waals surface area (Å²) in [5.41, 5.74) is 17.4. The lowest BCUT2D eigenvalue weighted by Crippen LogP contribution is -2.45. The number of allylic oxidation sites excluding steroid dienone is 11. The van der Waals surface area contributed by atoms with Gasteiger partial charge in [-0.3, -0.25) is 0 Å². The summed E-state index contributed by atoms with van der Waals surface area (Å²) in [5.74, 6) is 0. The Kier molecular flexibility index (Phi) is 7.75. The molecule has 0 N–H and O–H groups in total. The first kappa shape index (κ1) is 35.0. The molecule has 0 amide bonds. The molecule has 0 aromatic heterocycles. The SMILES string of the molecule is CC12C=CC=CC1=CC(N(c1ccc3ccccc3c1)c1cccc3c1-c1ccccc1C31c3ccccc3C(C3=CC=CCC3)(c3ccccc3)c3ccccc31)=CC2. The molecule has 1 atom stereocenters. The molecule has 1 nitrogen and oxygen atoms in total. The van der Waals surface area contributed by atoms with Gasteiger partial charge in [-0.25, -0.2) is 0 Å². The Morgan fingerprint density at radius 3 is 1.97 bits per heavy atom. The summed E-state index contributed by atoms with van der Waals surface area (Å²) in [6.45, 7) is 2.36. The average Bonchev–Trinajstić information content (AvgIpc) is 3.61. The van der Waals surface area contributed by atoms with Gasteiger partial charge >= 0.3 is 0 Å². The number of benzene rings is 7. The van der Waals surface area contributed by atoms with Crippen LogP contribution in [-0.4, -0.2) is 0 Å². The Labute approximate surface area is 353 Å². The second-order valence-corrected chi connectivity index (χ2v) is 17.3. The molecule has 1 unspecified atom stereocenters. The number of hydrogen-bond donors (Lipinski definition) is 0. The Hall–Kier alpha value is -6.96. The van der Waals surface area contributed by atoms with E-state index in [1.807, 2.05) is 0 Å². The number of rotatable bonds is 5. The summed E-state index contributed by atoms with van der Waals surface area (Å²) in [7, 11) is 0. The second kappa shape index (κ2) is 13.3. The smallest absolute Gasteiger partial charge is 0.0720 e. The fourth-order valence-corrected chi connectivity index (χ4v) is 11.6. The van der Waals surface area contributed by atoms with Crippen molar-refractivity contribution >= 4 is 22.1 Å². The lowest BCUT2D eigenvalue weighted by atomic mass is 9.50. The van der Waals surface area contributed by atoms with E-state index >= 15 is 0 Å². The van der Waals surface area contributed by atoms with E-state index in [-0.39, 0.29) is 5.41 Å². The van der Waals surface area contributed by atoms with Crippen LogP contribution < -0.4 is 4.90 Å². The first-order chi connectivity index (χ1) is 29.6. The summed E-state index contributed by atoms with van der Waals surface area (Å²) in [5, 5.41) is 2.48. The monoisotopic (exact) mass is 767 g/mol. The van der Waals surface area contributed by atoms with Gasteiger partial charge in [-0.05, 0) is 104 Å². The third-order valence-electron chi connectivity index (χ3n) is 14.3. The number of nitrogens with zero attached hydrogens (tertiary/aromatic N) is 1. The van der Waals surface area contributed by atoms with Crippen molar-refractivity contribution in [3.8, 4) is 11.1 Å². The van der Waals surface area contributed by atoms with Crippen molar-refractivity contribution in [1.82, 2.24) is 0 Å². The van der Waals surface area contributed by atoms with Gasteiger partial charge in [-0.2, -0.15) is 0 Å². The van der Waals surface area contributed by atoms with E-state index < -0.39 is 10.8 Å². The topological polar surface area (TPSA) is 3.24 Å². The summed E-state index contributed by atoms with van der Waals surface area (Å²) in [6.07, 6.45) is 23.9. The number of hydrogen-bond acceptors (Lipinski definition) is 1. The molecular formula is C59H45N. The van der Waals surface area contributed by atoms with Crippen LogP contribution in [0.15, 0.2) is 235 Å². The quantitative estimate of drug-likeness (QED) is 0.169. The van der Waals surface area contributed by atoms with Gasteiger partial charge in [0.25, 0.3) is 0 Å². The predicted molar refractivity (Wildman–Crippen MR) is 250 cm³/mol. The van der Waals surface area contributed by atoms with Crippen molar-refractivity contribution in [1.29, 1.82) is 0 Å². The number of fused-ring (bicyclic) bond motifs is 11. The van der Waals surface area contributed by atoms with Crippen LogP contribution in [0.4, 0.5) is 11.4 Å². The molecule has 60 heavy (non-hydrogen) atoms. The van der Waals surface area contributed by atoms with Crippen LogP contribution in [0.5, 0.6) is 0 Å². The first-order valence-corrected chi connectivity index (χ1v) is 21.5. The third kappa shape index (κ3) is 4.75. The maximum absolute atomic E-state index is 2.55. The molecular weight excluding hydrogens is 723 g/mol. The van der Waals surface area contributed by atoms with Gasteiger partial charge in [0.15, 0.2) is 0 Å². The van der Waals surface area contributed by atoms with Crippen LogP contribution in [0, 0.1) is 5.41 Å². The molecule has 0 heterocycles. The van der Waals surface area contributed by atoms with E-state index in [1.54, 1.807) is 0 Å². The first-order valence-electron chi connectivity index (χ1n) is 21.5. The lowest BCUT2D eigenvalue weighted by molar-refractivity contribution is 0.523. The minimum atomic E-state index is -0.553. The highest BCUT2D eigenvalue weighted by Gasteiger charge is 2.57. The van der Waals surface area contributed by atoms with Gasteiger partial charge in [0.2, 0.25) is 0 Å². The Balaban J connectivity index is 1.18. The maximum Gasteiger partial charge on any atom is 0.0720 e. The maximum atomic E-state index is 2.55. The molecule has 0 saturated carbocycles. The highest BCUT2D eigenvalue weighted by Crippen LogP contribution is 2.66. The third-order valence-corrected chi connectivity index (χ3v) is 14.3. The molecule has 0 bridgehead atoms. The highest BCUT2D eigenvalue weighted by molar-refractivity contribution is 5.98. The Morgan fingerprint density at radius 2 is 1.22 bits per heavy atom. The van der Waals surface area contributed by atoms with Gasteiger partial charge in [0, 0.05) is 22.4 Å². The molecule has 0 aliphatic heterocycles. The van der Waals surface area contributed by atoms with E-state index in [9.17, 15) is 0 Å². The standard InChI is InChI=1S/C59H45N/c1-57-37-17-16-25-45(57)40-47(36-38-57)60(46-35-34-41-19-8-9-20-42(41)39-46)55-33-18-32-54-56(55)48-26-10-11-27-49(48)59(54)52-30-14-12-28-50(52)58(43-21-4-2-5-22-43,44-23-6-3-7-24-44)51-29-13-15-31-53(51)59/h2-6,8-23,25-37,39-40H,7,24,38H2,1H3. The number of anilines is 2. The minimum Gasteiger partial charge on any atom is -0.310 e. The van der Waals surface area contributed by atoms with Gasteiger partial charge in [0.1, 0.15) is 0 Å². The van der Waals surface area contributed by atoms with Gasteiger partial charge < -0.3 is 4.90 Å². The largest absolute Gasteiger partial charge is 0.310 e. The predicted octanol–water partition coefficient (Wildman–Crippen LogP) is 14.6. The second-order valence-electron chi connectivity index (χ2n) is 17.3. The molecule has 5 aliphatic rings. The van der Waals surface area contributed by atoms with Gasteiger partial charge in [-0.15, -0.1) is 0 Å². The van der Waals surface area contributed by atoms with Gasteiger partial charge in [-0.1, -0.05) is 207 Å². The zero-order valence-electron chi connectivity index (χ0n) is 33.9. The lowest BCUT2D eigenvalue weighted by Gasteiger charge is -2.51. The van der Waals surface area contributed by atoms with Crippen molar-refractivity contribution in [3.63, 3.8) is 0 Å². The van der Waals surface area contributed by atoms with E-state index in [1.165, 1.54) is 83.4 Å². The molecule has 0 radical (unpaired) electrons. The average molecular weight is 768 g/mol.